The van der Waals surface area contributed by atoms with Gasteiger partial charge in [0, 0.05) is 32.0 Å². The lowest BCUT2D eigenvalue weighted by atomic mass is 9.99. The minimum absolute atomic E-state index is 0.0215. The number of phenols is 1. The molecule has 2 atom stereocenters. The van der Waals surface area contributed by atoms with Gasteiger partial charge in [-0.25, -0.2) is 10.3 Å². The van der Waals surface area contributed by atoms with Gasteiger partial charge in [0.25, 0.3) is 5.91 Å². The Morgan fingerprint density at radius 2 is 1.94 bits per heavy atom. The minimum Gasteiger partial charge on any atom is -0.508 e. The first-order chi connectivity index (χ1) is 15.3. The van der Waals surface area contributed by atoms with Crippen LogP contribution in [0.1, 0.15) is 31.4 Å². The lowest BCUT2D eigenvalue weighted by Crippen LogP contribution is -2.29. The van der Waals surface area contributed by atoms with E-state index in [0.717, 1.165) is 8.04 Å². The number of carbonyl (C=O) groups is 2. The van der Waals surface area contributed by atoms with Crippen LogP contribution in [-0.2, 0) is 14.3 Å². The topological polar surface area (TPSA) is 117 Å². The molecule has 0 aliphatic heterocycles. The Bertz CT molecular complexity index is 939. The van der Waals surface area contributed by atoms with Crippen LogP contribution in [0.3, 0.4) is 0 Å². The van der Waals surface area contributed by atoms with Gasteiger partial charge < -0.3 is 14.6 Å². The number of allylic oxidation sites excluding steroid dienone is 1. The number of halogens is 2. The first-order valence-corrected chi connectivity index (χ1v) is 11.6. The molecule has 0 heterocycles. The fourth-order valence-corrected chi connectivity index (χ4v) is 3.69. The SMILES string of the molecule is CCO[C@H](CC/C=C/C(=O)NO)[C@H](OC(=O)Nc1ccc(Br)cc1)c1cc(I)ccc1O. The molecule has 2 aromatic carbocycles. The summed E-state index contributed by atoms with van der Waals surface area (Å²) in [6.07, 6.45) is 1.38. The molecule has 0 saturated heterocycles. The van der Waals surface area contributed by atoms with E-state index in [1.807, 2.05) is 6.92 Å². The lowest BCUT2D eigenvalue weighted by molar-refractivity contribution is -0.124. The Balaban J connectivity index is 2.25. The maximum absolute atomic E-state index is 12.7. The number of ether oxygens (including phenoxy) is 2. The van der Waals surface area contributed by atoms with Gasteiger partial charge in [0.05, 0.1) is 6.10 Å². The molecule has 0 aliphatic rings. The molecule has 0 radical (unpaired) electrons. The number of anilines is 1. The van der Waals surface area contributed by atoms with Crippen LogP contribution in [0.15, 0.2) is 59.1 Å². The summed E-state index contributed by atoms with van der Waals surface area (Å²) in [5, 5.41) is 21.7. The van der Waals surface area contributed by atoms with E-state index in [0.29, 0.717) is 30.7 Å². The average molecular weight is 619 g/mol. The maximum atomic E-state index is 12.7. The summed E-state index contributed by atoms with van der Waals surface area (Å²) in [5.41, 5.74) is 2.49. The summed E-state index contributed by atoms with van der Waals surface area (Å²) < 4.78 is 13.3. The number of hydroxylamine groups is 1. The van der Waals surface area contributed by atoms with Crippen LogP contribution in [0.4, 0.5) is 10.5 Å². The maximum Gasteiger partial charge on any atom is 0.412 e. The third kappa shape index (κ3) is 8.41. The quantitative estimate of drug-likeness (QED) is 0.124. The molecular formula is C22H24BrIN2O6. The standard InChI is InChI=1S/C22H24BrIN2O6/c1-2-31-19(5-3-4-6-20(28)26-30)21(17-13-15(24)9-12-18(17)27)32-22(29)25-16-10-7-14(23)8-11-16/h4,6-13,19,21,27,30H,2-3,5H2,1H3,(H,25,29)(H,26,28)/b6-4+/t19-,21-/m1/s1. The number of nitrogens with one attached hydrogen (secondary N) is 2. The summed E-state index contributed by atoms with van der Waals surface area (Å²) in [5.74, 6) is -0.665. The lowest BCUT2D eigenvalue weighted by Gasteiger charge is -2.28. The van der Waals surface area contributed by atoms with Gasteiger partial charge in [-0.1, -0.05) is 22.0 Å². The van der Waals surface area contributed by atoms with E-state index in [9.17, 15) is 14.7 Å². The Morgan fingerprint density at radius 1 is 1.22 bits per heavy atom. The molecule has 4 N–H and O–H groups in total. The molecule has 8 nitrogen and oxygen atoms in total. The van der Waals surface area contributed by atoms with Crippen molar-refractivity contribution in [3.63, 3.8) is 0 Å². The Labute approximate surface area is 208 Å². The Morgan fingerprint density at radius 3 is 2.59 bits per heavy atom. The highest BCUT2D eigenvalue weighted by Gasteiger charge is 2.30. The van der Waals surface area contributed by atoms with Gasteiger partial charge >= 0.3 is 6.09 Å². The number of hydrogen-bond acceptors (Lipinski definition) is 6. The van der Waals surface area contributed by atoms with Gasteiger partial charge in [0.15, 0.2) is 6.10 Å². The van der Waals surface area contributed by atoms with Gasteiger partial charge in [-0.15, -0.1) is 0 Å². The average Bonchev–Trinajstić information content (AvgIpc) is 2.77. The number of hydrogen-bond donors (Lipinski definition) is 4. The molecule has 0 fully saturated rings. The number of rotatable bonds is 10. The predicted molar refractivity (Wildman–Crippen MR) is 132 cm³/mol. The van der Waals surface area contributed by atoms with Crippen molar-refractivity contribution in [1.82, 2.24) is 5.48 Å². The van der Waals surface area contributed by atoms with Crippen molar-refractivity contribution in [2.24, 2.45) is 0 Å². The molecule has 2 rings (SSSR count). The summed E-state index contributed by atoms with van der Waals surface area (Å²) in [6, 6.07) is 12.0. The highest BCUT2D eigenvalue weighted by molar-refractivity contribution is 14.1. The molecule has 2 amide bonds. The molecule has 10 heteroatoms. The molecule has 0 aliphatic carbocycles. The van der Waals surface area contributed by atoms with E-state index < -0.39 is 24.2 Å². The summed E-state index contributed by atoms with van der Waals surface area (Å²) in [6.45, 7) is 2.17. The van der Waals surface area contributed by atoms with Crippen molar-refractivity contribution in [2.45, 2.75) is 32.0 Å². The van der Waals surface area contributed by atoms with Gasteiger partial charge in [-0.2, -0.15) is 0 Å². The number of amides is 2. The van der Waals surface area contributed by atoms with E-state index in [-0.39, 0.29) is 5.75 Å². The number of carbonyl (C=O) groups excluding carboxylic acids is 2. The molecule has 0 unspecified atom stereocenters. The zero-order chi connectivity index (χ0) is 23.5. The van der Waals surface area contributed by atoms with Gasteiger partial charge in [0.1, 0.15) is 5.75 Å². The van der Waals surface area contributed by atoms with Crippen molar-refractivity contribution < 1.29 is 29.4 Å². The summed E-state index contributed by atoms with van der Waals surface area (Å²) >= 11 is 5.45. The molecule has 0 aromatic heterocycles. The van der Waals surface area contributed by atoms with Crippen LogP contribution >= 0.6 is 38.5 Å². The smallest absolute Gasteiger partial charge is 0.412 e. The Kier molecular flexibility index (Phi) is 10.9. The van der Waals surface area contributed by atoms with E-state index in [2.05, 4.69) is 43.8 Å². The second-order valence-corrected chi connectivity index (χ2v) is 8.77. The predicted octanol–water partition coefficient (Wildman–Crippen LogP) is 5.30. The highest BCUT2D eigenvalue weighted by atomic mass is 127. The molecule has 32 heavy (non-hydrogen) atoms. The first kappa shape index (κ1) is 26.1. The van der Waals surface area contributed by atoms with Crippen LogP contribution in [0.2, 0.25) is 0 Å². The second-order valence-electron chi connectivity index (χ2n) is 6.61. The Hall–Kier alpha value is -2.15. The van der Waals surface area contributed by atoms with Crippen LogP contribution in [0.25, 0.3) is 0 Å². The van der Waals surface area contributed by atoms with Crippen molar-refractivity contribution in [1.29, 1.82) is 0 Å². The molecule has 172 valence electrons. The number of phenolic OH excluding ortho intramolecular Hbond substituents is 1. The molecule has 0 spiro atoms. The fourth-order valence-electron chi connectivity index (χ4n) is 2.91. The largest absolute Gasteiger partial charge is 0.508 e. The van der Waals surface area contributed by atoms with E-state index in [1.165, 1.54) is 17.6 Å². The van der Waals surface area contributed by atoms with Gasteiger partial charge in [0.2, 0.25) is 0 Å². The van der Waals surface area contributed by atoms with Crippen LogP contribution < -0.4 is 10.8 Å². The zero-order valence-electron chi connectivity index (χ0n) is 17.3. The van der Waals surface area contributed by atoms with Crippen molar-refractivity contribution in [3.05, 3.63) is 68.2 Å². The van der Waals surface area contributed by atoms with Crippen molar-refractivity contribution >= 4 is 56.2 Å². The molecule has 0 bridgehead atoms. The zero-order valence-corrected chi connectivity index (χ0v) is 21.0. The van der Waals surface area contributed by atoms with E-state index in [4.69, 9.17) is 14.7 Å². The molecule has 0 saturated carbocycles. The monoisotopic (exact) mass is 618 g/mol. The molecular weight excluding hydrogens is 595 g/mol. The van der Waals surface area contributed by atoms with E-state index in [1.54, 1.807) is 42.5 Å². The fraction of sp³-hybridized carbons (Fsp3) is 0.273. The molecule has 2 aromatic rings. The first-order valence-electron chi connectivity index (χ1n) is 9.77. The number of benzene rings is 2. The van der Waals surface area contributed by atoms with Gasteiger partial charge in [-0.3, -0.25) is 15.3 Å². The van der Waals surface area contributed by atoms with Crippen LogP contribution in [0, 0.1) is 3.57 Å². The van der Waals surface area contributed by atoms with Crippen LogP contribution in [-0.4, -0.2) is 35.0 Å². The van der Waals surface area contributed by atoms with Crippen LogP contribution in [0.5, 0.6) is 5.75 Å². The summed E-state index contributed by atoms with van der Waals surface area (Å²) in [7, 11) is 0. The van der Waals surface area contributed by atoms with Crippen molar-refractivity contribution in [2.75, 3.05) is 11.9 Å². The third-order valence-corrected chi connectivity index (χ3v) is 5.54. The number of aromatic hydroxyl groups is 1. The van der Waals surface area contributed by atoms with Crippen molar-refractivity contribution in [3.8, 4) is 5.75 Å². The normalized spacial score (nSPS) is 12.9. The second kappa shape index (κ2) is 13.4. The summed E-state index contributed by atoms with van der Waals surface area (Å²) in [4.78, 5) is 23.8. The third-order valence-electron chi connectivity index (χ3n) is 4.34. The van der Waals surface area contributed by atoms with E-state index >= 15 is 0 Å². The minimum atomic E-state index is -0.903. The van der Waals surface area contributed by atoms with Gasteiger partial charge in [-0.05, 0) is 84.8 Å². The highest BCUT2D eigenvalue weighted by Crippen LogP contribution is 2.34.